The predicted molar refractivity (Wildman–Crippen MR) is 141 cm³/mol. The summed E-state index contributed by atoms with van der Waals surface area (Å²) in [5.74, 6) is -1.76. The number of fused-ring (bicyclic) bond motifs is 3. The van der Waals surface area contributed by atoms with Gasteiger partial charge in [0.25, 0.3) is 5.91 Å². The molecule has 11 heteroatoms. The van der Waals surface area contributed by atoms with Crippen molar-refractivity contribution in [3.63, 3.8) is 0 Å². The molecule has 5 rings (SSSR count). The summed E-state index contributed by atoms with van der Waals surface area (Å²) in [6.45, 7) is 4.61. The number of hydrogen-bond donors (Lipinski definition) is 2. The van der Waals surface area contributed by atoms with E-state index in [9.17, 15) is 24.6 Å². The van der Waals surface area contributed by atoms with Crippen molar-refractivity contribution in [2.75, 3.05) is 13.2 Å². The fraction of sp³-hybridized carbons (Fsp3) is 0.310. The molecule has 1 atom stereocenters. The van der Waals surface area contributed by atoms with E-state index in [2.05, 4.69) is 6.92 Å². The number of aromatic nitrogens is 2. The van der Waals surface area contributed by atoms with E-state index in [1.165, 1.54) is 4.90 Å². The molecule has 1 amide bonds. The molecule has 2 aliphatic heterocycles. The molecule has 0 aliphatic carbocycles. The molecular formula is C29H31N3Na2O6. The first-order valence-electron chi connectivity index (χ1n) is 12.8. The summed E-state index contributed by atoms with van der Waals surface area (Å²) in [5.41, 5.74) is 3.84. The molecule has 200 valence electrons. The molecule has 40 heavy (non-hydrogen) atoms. The van der Waals surface area contributed by atoms with Crippen LogP contribution in [0.15, 0.2) is 59.9 Å². The maximum absolute atomic E-state index is 13.1. The number of imidazole rings is 1. The van der Waals surface area contributed by atoms with E-state index in [1.54, 1.807) is 25.1 Å². The first-order valence-corrected chi connectivity index (χ1v) is 12.8. The van der Waals surface area contributed by atoms with Gasteiger partial charge in [0, 0.05) is 25.9 Å². The second kappa shape index (κ2) is 13.5. The Morgan fingerprint density at radius 3 is 2.45 bits per heavy atom. The zero-order valence-electron chi connectivity index (χ0n) is 25.3. The Balaban J connectivity index is 0.00000220. The number of carboxylic acids is 1. The van der Waals surface area contributed by atoms with Crippen molar-refractivity contribution in [2.45, 2.75) is 45.7 Å². The van der Waals surface area contributed by atoms with Gasteiger partial charge in [-0.1, -0.05) is 49.4 Å². The van der Waals surface area contributed by atoms with Crippen molar-refractivity contribution in [2.24, 2.45) is 0 Å². The van der Waals surface area contributed by atoms with Crippen LogP contribution in [-0.4, -0.2) is 55.7 Å². The molecule has 1 aromatic heterocycles. The average Bonchev–Trinajstić information content (AvgIpc) is 3.38. The Labute approximate surface area is 279 Å². The summed E-state index contributed by atoms with van der Waals surface area (Å²) in [7, 11) is 0. The van der Waals surface area contributed by atoms with Gasteiger partial charge in [-0.15, -0.1) is 0 Å². The topological polar surface area (TPSA) is 122 Å². The Hall–Kier alpha value is -2.40. The zero-order chi connectivity index (χ0) is 27.0. The van der Waals surface area contributed by atoms with Crippen LogP contribution in [0.2, 0.25) is 0 Å². The number of esters is 1. The SMILES string of the molecule is CCCc1nc2c(n1Cc1ccc(-c3ccccc3C(=O)O)cc1)C1C(O)=C(C(=O)OCC)C(=O)N1CC2.[H-].[H-].[Na+].[Na+]. The maximum atomic E-state index is 13.1. The number of hydrogen-bond acceptors (Lipinski definition) is 6. The van der Waals surface area contributed by atoms with Gasteiger partial charge in [0.1, 0.15) is 17.6 Å². The summed E-state index contributed by atoms with van der Waals surface area (Å²) < 4.78 is 7.07. The largest absolute Gasteiger partial charge is 1.00 e. The molecule has 1 unspecified atom stereocenters. The van der Waals surface area contributed by atoms with Gasteiger partial charge in [-0.25, -0.2) is 14.6 Å². The molecule has 0 radical (unpaired) electrons. The Morgan fingerprint density at radius 1 is 1.10 bits per heavy atom. The number of aliphatic hydroxyl groups is 1. The predicted octanol–water partition coefficient (Wildman–Crippen LogP) is -1.70. The van der Waals surface area contributed by atoms with Crippen molar-refractivity contribution in [1.29, 1.82) is 0 Å². The van der Waals surface area contributed by atoms with Crippen LogP contribution in [0.25, 0.3) is 11.1 Å². The monoisotopic (exact) mass is 563 g/mol. The number of rotatable bonds is 8. The van der Waals surface area contributed by atoms with Crippen molar-refractivity contribution in [3.05, 3.63) is 88.2 Å². The minimum absolute atomic E-state index is 0. The number of ether oxygens (including phenoxy) is 1. The van der Waals surface area contributed by atoms with E-state index in [0.29, 0.717) is 37.2 Å². The molecule has 0 saturated heterocycles. The molecule has 2 aromatic carbocycles. The number of benzene rings is 2. The van der Waals surface area contributed by atoms with Gasteiger partial charge < -0.3 is 27.3 Å². The summed E-state index contributed by atoms with van der Waals surface area (Å²) in [4.78, 5) is 43.6. The van der Waals surface area contributed by atoms with Crippen LogP contribution in [0, 0.1) is 0 Å². The second-order valence-corrected chi connectivity index (χ2v) is 9.38. The van der Waals surface area contributed by atoms with Crippen molar-refractivity contribution >= 4 is 17.8 Å². The summed E-state index contributed by atoms with van der Waals surface area (Å²) >= 11 is 0. The molecule has 2 aliphatic rings. The number of aliphatic hydroxyl groups excluding tert-OH is 1. The minimum Gasteiger partial charge on any atom is -1.00 e. The first-order chi connectivity index (χ1) is 18.3. The molecule has 2 N–H and O–H groups in total. The maximum Gasteiger partial charge on any atom is 1.00 e. The molecule has 0 fully saturated rings. The second-order valence-electron chi connectivity index (χ2n) is 9.38. The summed E-state index contributed by atoms with van der Waals surface area (Å²) in [6.07, 6.45) is 2.10. The fourth-order valence-corrected chi connectivity index (χ4v) is 5.33. The van der Waals surface area contributed by atoms with E-state index >= 15 is 0 Å². The van der Waals surface area contributed by atoms with Crippen molar-refractivity contribution < 1.29 is 91.3 Å². The third-order valence-electron chi connectivity index (χ3n) is 7.03. The van der Waals surface area contributed by atoms with Crippen molar-refractivity contribution in [1.82, 2.24) is 14.5 Å². The number of carbonyl (C=O) groups excluding carboxylic acids is 2. The average molecular weight is 564 g/mol. The van der Waals surface area contributed by atoms with Gasteiger partial charge >= 0.3 is 71.1 Å². The van der Waals surface area contributed by atoms with Crippen LogP contribution >= 0.6 is 0 Å². The van der Waals surface area contributed by atoms with Gasteiger partial charge in [-0.3, -0.25) is 4.79 Å². The Bertz CT molecular complexity index is 1480. The smallest absolute Gasteiger partial charge is 1.00 e. The van der Waals surface area contributed by atoms with E-state index in [0.717, 1.165) is 29.1 Å². The van der Waals surface area contributed by atoms with Crippen LogP contribution in [0.4, 0.5) is 0 Å². The van der Waals surface area contributed by atoms with Crippen LogP contribution in [0.1, 0.15) is 62.3 Å². The van der Waals surface area contributed by atoms with Crippen LogP contribution < -0.4 is 59.1 Å². The van der Waals surface area contributed by atoms with E-state index in [1.807, 2.05) is 34.9 Å². The number of carboxylic acid groups (broad SMARTS) is 1. The number of carbonyl (C=O) groups is 3. The molecule has 3 heterocycles. The fourth-order valence-electron chi connectivity index (χ4n) is 5.33. The number of aryl methyl sites for hydroxylation is 1. The standard InChI is InChI=1S/C29H29N3O6.2Na.2H/c1-3-7-22-30-21-14-15-31-25(26(33)23(27(31)34)29(37)38-4-2)24(21)32(22)16-17-10-12-18(13-11-17)19-8-5-6-9-20(19)28(35)36;;;;/h5-6,8-13,25,33H,3-4,7,14-16H2,1-2H3,(H,35,36);;;;/q;2*+1;2*-1. The van der Waals surface area contributed by atoms with E-state index < -0.39 is 23.9 Å². The number of nitrogens with zero attached hydrogens (tertiary/aromatic N) is 3. The molecule has 3 aromatic rings. The van der Waals surface area contributed by atoms with Crippen LogP contribution in [0.5, 0.6) is 0 Å². The van der Waals surface area contributed by atoms with Gasteiger partial charge in [0.2, 0.25) is 0 Å². The van der Waals surface area contributed by atoms with Gasteiger partial charge in [-0.05, 0) is 36.1 Å². The first kappa shape index (κ1) is 32.1. The Kier molecular flexibility index (Phi) is 10.8. The normalized spacial score (nSPS) is 15.6. The third kappa shape index (κ3) is 5.82. The van der Waals surface area contributed by atoms with E-state index in [4.69, 9.17) is 9.72 Å². The van der Waals surface area contributed by atoms with Gasteiger partial charge in [-0.2, -0.15) is 0 Å². The third-order valence-corrected chi connectivity index (χ3v) is 7.03. The molecule has 0 bridgehead atoms. The quantitative estimate of drug-likeness (QED) is 0.190. The van der Waals surface area contributed by atoms with Gasteiger partial charge in [0.05, 0.1) is 23.6 Å². The van der Waals surface area contributed by atoms with Crippen LogP contribution in [-0.2, 0) is 33.7 Å². The van der Waals surface area contributed by atoms with Crippen LogP contribution in [0.3, 0.4) is 0 Å². The number of amides is 1. The van der Waals surface area contributed by atoms with E-state index in [-0.39, 0.29) is 85.5 Å². The molecule has 0 saturated carbocycles. The molecule has 0 spiro atoms. The van der Waals surface area contributed by atoms with Gasteiger partial charge in [0.15, 0.2) is 5.57 Å². The van der Waals surface area contributed by atoms with Crippen molar-refractivity contribution in [3.8, 4) is 11.1 Å². The zero-order valence-corrected chi connectivity index (χ0v) is 27.3. The summed E-state index contributed by atoms with van der Waals surface area (Å²) in [6, 6.07) is 13.8. The minimum atomic E-state index is -0.982. The number of aromatic carboxylic acids is 1. The summed E-state index contributed by atoms with van der Waals surface area (Å²) in [5, 5.41) is 20.6. The molecular weight excluding hydrogens is 532 g/mol. The molecule has 9 nitrogen and oxygen atoms in total. The Morgan fingerprint density at radius 2 is 1.80 bits per heavy atom.